The minimum absolute atomic E-state index is 0.0314. The summed E-state index contributed by atoms with van der Waals surface area (Å²) in [6.07, 6.45) is 5.44. The van der Waals surface area contributed by atoms with Gasteiger partial charge in [0, 0.05) is 60.6 Å². The van der Waals surface area contributed by atoms with Crippen LogP contribution in [0.4, 0.5) is 11.8 Å². The van der Waals surface area contributed by atoms with Crippen molar-refractivity contribution >= 4 is 45.3 Å². The van der Waals surface area contributed by atoms with Gasteiger partial charge in [-0.2, -0.15) is 4.98 Å². The number of carbonyl (C=O) groups excluding carboxylic acids is 2. The molecule has 8 heteroatoms. The Morgan fingerprint density at radius 1 is 0.867 bits per heavy atom. The molecule has 1 atom stereocenters. The summed E-state index contributed by atoms with van der Waals surface area (Å²) in [5.41, 5.74) is 4.55. The first-order valence-electron chi connectivity index (χ1n) is 16.0. The summed E-state index contributed by atoms with van der Waals surface area (Å²) in [4.78, 5) is 42.3. The zero-order valence-electron chi connectivity index (χ0n) is 26.5. The standard InChI is InChI=1S/C37H42N6O2/c1-23(2)24-13-15-25(16-14-24)34(44)21-30(31-22-38-32-11-7-5-9-28(31)32)36(45)39-26-17-19-27(20-18-26)40-37-41-33-12-8-6-10-29(33)35(42-37)43(3)4/h5-16,22-23,26-27,30,38H,17-21H2,1-4H3,(H,39,45)(H,40,41,42)/t26-,27+,30?. The van der Waals surface area contributed by atoms with Gasteiger partial charge in [0.1, 0.15) is 5.82 Å². The normalized spacial score (nSPS) is 17.4. The van der Waals surface area contributed by atoms with E-state index in [0.717, 1.165) is 58.9 Å². The van der Waals surface area contributed by atoms with Gasteiger partial charge in [-0.25, -0.2) is 4.98 Å². The number of aromatic nitrogens is 3. The number of hydrogen-bond acceptors (Lipinski definition) is 6. The number of hydrogen-bond donors (Lipinski definition) is 3. The van der Waals surface area contributed by atoms with Crippen LogP contribution in [0.3, 0.4) is 0 Å². The fourth-order valence-corrected chi connectivity index (χ4v) is 6.42. The Bertz CT molecular complexity index is 1800. The molecule has 1 unspecified atom stereocenters. The first-order valence-corrected chi connectivity index (χ1v) is 16.0. The summed E-state index contributed by atoms with van der Waals surface area (Å²) < 4.78 is 0. The Morgan fingerprint density at radius 2 is 1.53 bits per heavy atom. The molecule has 232 valence electrons. The topological polar surface area (TPSA) is 103 Å². The molecule has 5 aromatic rings. The summed E-state index contributed by atoms with van der Waals surface area (Å²) in [6.45, 7) is 4.27. The van der Waals surface area contributed by atoms with Gasteiger partial charge in [0.25, 0.3) is 0 Å². The van der Waals surface area contributed by atoms with E-state index in [1.54, 1.807) is 0 Å². The molecule has 1 aliphatic rings. The number of H-pyrrole nitrogens is 1. The third-order valence-electron chi connectivity index (χ3n) is 9.02. The predicted molar refractivity (Wildman–Crippen MR) is 182 cm³/mol. The molecule has 6 rings (SSSR count). The average molecular weight is 603 g/mol. The summed E-state index contributed by atoms with van der Waals surface area (Å²) in [7, 11) is 3.98. The molecule has 1 aliphatic carbocycles. The zero-order chi connectivity index (χ0) is 31.5. The number of carbonyl (C=O) groups is 2. The number of Topliss-reactive ketones (excluding diaryl/α,β-unsaturated/α-hetero) is 1. The van der Waals surface area contributed by atoms with Crippen LogP contribution >= 0.6 is 0 Å². The minimum Gasteiger partial charge on any atom is -0.362 e. The van der Waals surface area contributed by atoms with Crippen LogP contribution in [0.25, 0.3) is 21.8 Å². The van der Waals surface area contributed by atoms with E-state index in [4.69, 9.17) is 9.97 Å². The van der Waals surface area contributed by atoms with E-state index < -0.39 is 5.92 Å². The van der Waals surface area contributed by atoms with Crippen molar-refractivity contribution in [1.82, 2.24) is 20.3 Å². The van der Waals surface area contributed by atoms with Crippen molar-refractivity contribution < 1.29 is 9.59 Å². The number of rotatable bonds is 10. The molecular weight excluding hydrogens is 560 g/mol. The van der Waals surface area contributed by atoms with Gasteiger partial charge in [-0.05, 0) is 60.9 Å². The van der Waals surface area contributed by atoms with Crippen molar-refractivity contribution in [2.75, 3.05) is 24.3 Å². The lowest BCUT2D eigenvalue weighted by Gasteiger charge is -2.31. The summed E-state index contributed by atoms with van der Waals surface area (Å²) >= 11 is 0. The van der Waals surface area contributed by atoms with Crippen LogP contribution in [0.15, 0.2) is 79.0 Å². The van der Waals surface area contributed by atoms with Gasteiger partial charge >= 0.3 is 0 Å². The van der Waals surface area contributed by atoms with Crippen molar-refractivity contribution in [1.29, 1.82) is 0 Å². The fourth-order valence-electron chi connectivity index (χ4n) is 6.42. The number of aromatic amines is 1. The van der Waals surface area contributed by atoms with Crippen molar-refractivity contribution in [2.45, 2.75) is 69.9 Å². The quantitative estimate of drug-likeness (QED) is 0.146. The Labute approximate surface area is 264 Å². The Kier molecular flexibility index (Phi) is 8.83. The van der Waals surface area contributed by atoms with Gasteiger partial charge in [0.05, 0.1) is 11.4 Å². The summed E-state index contributed by atoms with van der Waals surface area (Å²) in [6, 6.07) is 24.0. The molecule has 0 aliphatic heterocycles. The molecule has 1 fully saturated rings. The van der Waals surface area contributed by atoms with Crippen LogP contribution in [0.2, 0.25) is 0 Å². The van der Waals surface area contributed by atoms with E-state index in [2.05, 4.69) is 29.5 Å². The average Bonchev–Trinajstić information content (AvgIpc) is 3.48. The van der Waals surface area contributed by atoms with Gasteiger partial charge in [0.15, 0.2) is 5.78 Å². The zero-order valence-corrected chi connectivity index (χ0v) is 26.5. The molecule has 2 heterocycles. The van der Waals surface area contributed by atoms with E-state index >= 15 is 0 Å². The number of amides is 1. The number of nitrogens with zero attached hydrogens (tertiary/aromatic N) is 3. The van der Waals surface area contributed by atoms with Gasteiger partial charge in [-0.3, -0.25) is 9.59 Å². The van der Waals surface area contributed by atoms with E-state index in [1.807, 2.05) is 98.0 Å². The first kappa shape index (κ1) is 30.3. The van der Waals surface area contributed by atoms with Crippen LogP contribution in [-0.2, 0) is 4.79 Å². The predicted octanol–water partition coefficient (Wildman–Crippen LogP) is 7.20. The number of ketones is 1. The SMILES string of the molecule is CC(C)c1ccc(C(=O)CC(C(=O)N[C@H]2CC[C@@H](Nc3nc(N(C)C)c4ccccc4n3)CC2)c2c[nH]c3ccccc23)cc1. The number of benzene rings is 3. The molecule has 3 aromatic carbocycles. The maximum Gasteiger partial charge on any atom is 0.228 e. The highest BCUT2D eigenvalue weighted by molar-refractivity contribution is 6.01. The molecule has 45 heavy (non-hydrogen) atoms. The van der Waals surface area contributed by atoms with Gasteiger partial charge in [-0.15, -0.1) is 0 Å². The van der Waals surface area contributed by atoms with Gasteiger partial charge in [-0.1, -0.05) is 68.4 Å². The lowest BCUT2D eigenvalue weighted by Crippen LogP contribution is -2.42. The van der Waals surface area contributed by atoms with Crippen molar-refractivity contribution in [3.05, 3.63) is 95.7 Å². The smallest absolute Gasteiger partial charge is 0.228 e. The molecule has 8 nitrogen and oxygen atoms in total. The van der Waals surface area contributed by atoms with E-state index in [1.165, 1.54) is 5.56 Å². The molecule has 0 radical (unpaired) electrons. The van der Waals surface area contributed by atoms with Crippen molar-refractivity contribution in [3.8, 4) is 0 Å². The van der Waals surface area contributed by atoms with Crippen molar-refractivity contribution in [3.63, 3.8) is 0 Å². The number of fused-ring (bicyclic) bond motifs is 2. The molecule has 0 saturated heterocycles. The van der Waals surface area contributed by atoms with Crippen LogP contribution in [0.1, 0.15) is 79.3 Å². The highest BCUT2D eigenvalue weighted by Gasteiger charge is 2.30. The van der Waals surface area contributed by atoms with Gasteiger partial charge < -0.3 is 20.5 Å². The molecule has 2 aromatic heterocycles. The van der Waals surface area contributed by atoms with Crippen LogP contribution in [-0.4, -0.2) is 52.8 Å². The van der Waals surface area contributed by atoms with Crippen LogP contribution in [0.5, 0.6) is 0 Å². The fraction of sp³-hybridized carbons (Fsp3) is 0.351. The molecular formula is C37H42N6O2. The Balaban J connectivity index is 1.14. The van der Waals surface area contributed by atoms with E-state index in [9.17, 15) is 9.59 Å². The summed E-state index contributed by atoms with van der Waals surface area (Å²) in [5, 5.41) is 8.86. The second-order valence-corrected chi connectivity index (χ2v) is 12.7. The first-order chi connectivity index (χ1) is 21.8. The number of anilines is 2. The lowest BCUT2D eigenvalue weighted by atomic mass is 9.87. The second-order valence-electron chi connectivity index (χ2n) is 12.7. The molecule has 3 N–H and O–H groups in total. The maximum absolute atomic E-state index is 13.9. The third kappa shape index (κ3) is 6.70. The highest BCUT2D eigenvalue weighted by atomic mass is 16.2. The molecule has 0 bridgehead atoms. The van der Waals surface area contributed by atoms with Crippen molar-refractivity contribution in [2.24, 2.45) is 0 Å². The van der Waals surface area contributed by atoms with Crippen LogP contribution in [0, 0.1) is 0 Å². The number of nitrogens with one attached hydrogen (secondary N) is 3. The molecule has 1 saturated carbocycles. The largest absolute Gasteiger partial charge is 0.362 e. The maximum atomic E-state index is 13.9. The van der Waals surface area contributed by atoms with E-state index in [-0.39, 0.29) is 30.2 Å². The van der Waals surface area contributed by atoms with Gasteiger partial charge in [0.2, 0.25) is 11.9 Å². The third-order valence-corrected chi connectivity index (χ3v) is 9.02. The number of para-hydroxylation sites is 2. The minimum atomic E-state index is -0.593. The second kappa shape index (κ2) is 13.1. The Morgan fingerprint density at radius 3 is 2.24 bits per heavy atom. The van der Waals surface area contributed by atoms with Crippen LogP contribution < -0.4 is 15.5 Å². The monoisotopic (exact) mass is 602 g/mol. The highest BCUT2D eigenvalue weighted by Crippen LogP contribution is 2.31. The summed E-state index contributed by atoms with van der Waals surface area (Å²) in [5.74, 6) is 1.18. The Hall–Kier alpha value is -4.72. The lowest BCUT2D eigenvalue weighted by molar-refractivity contribution is -0.123. The van der Waals surface area contributed by atoms with E-state index in [0.29, 0.717) is 17.4 Å². The molecule has 0 spiro atoms. The molecule has 1 amide bonds.